The molecule has 0 bridgehead atoms. The number of hydrogen-bond acceptors (Lipinski definition) is 3. The first-order valence-corrected chi connectivity index (χ1v) is 6.88. The smallest absolute Gasteiger partial charge is 0.310 e. The molecule has 0 N–H and O–H groups in total. The molecule has 0 spiro atoms. The summed E-state index contributed by atoms with van der Waals surface area (Å²) in [5.41, 5.74) is 0.505. The zero-order chi connectivity index (χ0) is 14.9. The Kier molecular flexibility index (Phi) is 4.04. The molecule has 1 aliphatic heterocycles. The van der Waals surface area contributed by atoms with Gasteiger partial charge < -0.3 is 9.64 Å². The first kappa shape index (κ1) is 14.9. The van der Waals surface area contributed by atoms with E-state index in [-0.39, 0.29) is 24.2 Å². The van der Waals surface area contributed by atoms with E-state index in [0.29, 0.717) is 11.6 Å². The van der Waals surface area contributed by atoms with Crippen LogP contribution in [0.2, 0.25) is 5.02 Å². The lowest BCUT2D eigenvalue weighted by Crippen LogP contribution is -2.42. The van der Waals surface area contributed by atoms with Gasteiger partial charge in [-0.15, -0.1) is 0 Å². The number of rotatable bonds is 3. The molecule has 0 radical (unpaired) electrons. The molecular weight excluding hydrogens is 278 g/mol. The molecule has 2 rings (SSSR count). The molecule has 1 atom stereocenters. The van der Waals surface area contributed by atoms with Gasteiger partial charge in [-0.05, 0) is 31.5 Å². The molecule has 4 nitrogen and oxygen atoms in total. The minimum atomic E-state index is -0.482. The fourth-order valence-electron chi connectivity index (χ4n) is 2.59. The molecule has 0 saturated carbocycles. The summed E-state index contributed by atoms with van der Waals surface area (Å²) in [6.07, 6.45) is 0.212. The molecule has 108 valence electrons. The Morgan fingerprint density at radius 3 is 2.50 bits per heavy atom. The molecule has 1 aliphatic rings. The number of methoxy groups -OCH3 is 1. The van der Waals surface area contributed by atoms with Gasteiger partial charge in [-0.3, -0.25) is 9.59 Å². The number of amides is 1. The van der Waals surface area contributed by atoms with Gasteiger partial charge >= 0.3 is 5.97 Å². The lowest BCUT2D eigenvalue weighted by molar-refractivity contribution is -0.145. The molecule has 5 heteroatoms. The van der Waals surface area contributed by atoms with Crippen LogP contribution in [0.15, 0.2) is 24.3 Å². The summed E-state index contributed by atoms with van der Waals surface area (Å²) >= 11 is 5.89. The van der Waals surface area contributed by atoms with Crippen molar-refractivity contribution >= 4 is 23.5 Å². The third kappa shape index (κ3) is 2.66. The van der Waals surface area contributed by atoms with Gasteiger partial charge in [0.1, 0.15) is 0 Å². The number of nitrogens with zero attached hydrogens (tertiary/aromatic N) is 1. The molecule has 0 aliphatic carbocycles. The molecule has 1 heterocycles. The number of ether oxygens (including phenoxy) is 1. The zero-order valence-corrected chi connectivity index (χ0v) is 12.6. The lowest BCUT2D eigenvalue weighted by atomic mass is 9.92. The average Bonchev–Trinajstić information content (AvgIpc) is 2.81. The normalized spacial score (nSPS) is 19.3. The van der Waals surface area contributed by atoms with Crippen molar-refractivity contribution in [1.29, 1.82) is 0 Å². The van der Waals surface area contributed by atoms with Gasteiger partial charge in [-0.2, -0.15) is 0 Å². The number of likely N-dealkylation sites (tertiary alicyclic amines) is 1. The van der Waals surface area contributed by atoms with Crippen LogP contribution >= 0.6 is 11.6 Å². The summed E-state index contributed by atoms with van der Waals surface area (Å²) in [6.45, 7) is 4.32. The number of carbonyl (C=O) groups is 2. The third-order valence-corrected chi connectivity index (χ3v) is 4.14. The van der Waals surface area contributed by atoms with E-state index in [1.54, 1.807) is 17.0 Å². The van der Waals surface area contributed by atoms with Gasteiger partial charge in [0.25, 0.3) is 0 Å². The van der Waals surface area contributed by atoms with Crippen LogP contribution < -0.4 is 0 Å². The number of hydrogen-bond donors (Lipinski definition) is 0. The Morgan fingerprint density at radius 1 is 1.35 bits per heavy atom. The third-order valence-electron chi connectivity index (χ3n) is 3.89. The molecule has 1 amide bonds. The van der Waals surface area contributed by atoms with Crippen molar-refractivity contribution in [3.8, 4) is 0 Å². The van der Waals surface area contributed by atoms with Gasteiger partial charge in [0.15, 0.2) is 0 Å². The highest BCUT2D eigenvalue weighted by atomic mass is 35.5. The molecule has 1 aromatic rings. The second kappa shape index (κ2) is 5.44. The summed E-state index contributed by atoms with van der Waals surface area (Å²) in [5.74, 6) is -0.729. The van der Waals surface area contributed by atoms with Gasteiger partial charge in [-0.25, -0.2) is 0 Å². The van der Waals surface area contributed by atoms with Crippen molar-refractivity contribution in [2.24, 2.45) is 5.92 Å². The van der Waals surface area contributed by atoms with E-state index >= 15 is 0 Å². The Labute approximate surface area is 123 Å². The maximum absolute atomic E-state index is 12.2. The van der Waals surface area contributed by atoms with Crippen molar-refractivity contribution < 1.29 is 14.3 Å². The van der Waals surface area contributed by atoms with Gasteiger partial charge in [0.05, 0.1) is 18.6 Å². The van der Waals surface area contributed by atoms with E-state index in [1.165, 1.54) is 7.11 Å². The van der Waals surface area contributed by atoms with Gasteiger partial charge in [0.2, 0.25) is 5.91 Å². The predicted molar refractivity (Wildman–Crippen MR) is 76.3 cm³/mol. The number of benzene rings is 1. The van der Waals surface area contributed by atoms with Crippen molar-refractivity contribution in [3.05, 3.63) is 34.9 Å². The second-order valence-corrected chi connectivity index (χ2v) is 5.93. The van der Waals surface area contributed by atoms with Crippen molar-refractivity contribution in [1.82, 2.24) is 4.90 Å². The quantitative estimate of drug-likeness (QED) is 0.805. The fraction of sp³-hybridized carbons (Fsp3) is 0.467. The van der Waals surface area contributed by atoms with Crippen LogP contribution in [0.1, 0.15) is 25.8 Å². The van der Waals surface area contributed by atoms with Crippen molar-refractivity contribution in [2.45, 2.75) is 25.8 Å². The highest BCUT2D eigenvalue weighted by Gasteiger charge is 2.42. The zero-order valence-electron chi connectivity index (χ0n) is 11.9. The number of carbonyl (C=O) groups excluding carboxylic acids is 2. The first-order chi connectivity index (χ1) is 9.36. The minimum absolute atomic E-state index is 0.0275. The average molecular weight is 296 g/mol. The molecular formula is C15H18ClNO3. The molecule has 1 aromatic carbocycles. The highest BCUT2D eigenvalue weighted by Crippen LogP contribution is 2.34. The Morgan fingerprint density at radius 2 is 1.95 bits per heavy atom. The van der Waals surface area contributed by atoms with Crippen LogP contribution in [0.3, 0.4) is 0 Å². The van der Waals surface area contributed by atoms with Crippen LogP contribution in [-0.2, 0) is 19.9 Å². The standard InChI is InChI=1S/C15H18ClNO3/c1-15(2,11-4-6-12(16)7-5-11)17-9-10(8-13(17)18)14(19)20-3/h4-7,10H,8-9H2,1-3H3. The summed E-state index contributed by atoms with van der Waals surface area (Å²) in [5, 5.41) is 0.657. The largest absolute Gasteiger partial charge is 0.469 e. The van der Waals surface area contributed by atoms with E-state index in [1.807, 2.05) is 26.0 Å². The van der Waals surface area contributed by atoms with Gasteiger partial charge in [-0.1, -0.05) is 23.7 Å². The summed E-state index contributed by atoms with van der Waals surface area (Å²) in [4.78, 5) is 25.5. The van der Waals surface area contributed by atoms with Crippen molar-refractivity contribution in [2.75, 3.05) is 13.7 Å². The molecule has 1 fully saturated rings. The fourth-order valence-corrected chi connectivity index (χ4v) is 2.71. The second-order valence-electron chi connectivity index (χ2n) is 5.49. The van der Waals surface area contributed by atoms with Crippen LogP contribution in [-0.4, -0.2) is 30.4 Å². The Bertz CT molecular complexity index is 524. The Hall–Kier alpha value is -1.55. The van der Waals surface area contributed by atoms with Crippen LogP contribution in [0.4, 0.5) is 0 Å². The monoisotopic (exact) mass is 295 g/mol. The maximum Gasteiger partial charge on any atom is 0.310 e. The number of halogens is 1. The van der Waals surface area contributed by atoms with Crippen LogP contribution in [0, 0.1) is 5.92 Å². The van der Waals surface area contributed by atoms with E-state index in [2.05, 4.69) is 0 Å². The Balaban J connectivity index is 2.23. The SMILES string of the molecule is COC(=O)C1CC(=O)N(C(C)(C)c2ccc(Cl)cc2)C1. The molecule has 1 saturated heterocycles. The van der Waals surface area contributed by atoms with Crippen LogP contribution in [0.5, 0.6) is 0 Å². The predicted octanol–water partition coefficient (Wildman–Crippen LogP) is 2.60. The summed E-state index contributed by atoms with van der Waals surface area (Å²) in [6, 6.07) is 7.41. The van der Waals surface area contributed by atoms with E-state index in [9.17, 15) is 9.59 Å². The summed E-state index contributed by atoms with van der Waals surface area (Å²) in [7, 11) is 1.35. The maximum atomic E-state index is 12.2. The number of esters is 1. The van der Waals surface area contributed by atoms with Crippen LogP contribution in [0.25, 0.3) is 0 Å². The van der Waals surface area contributed by atoms with E-state index in [4.69, 9.17) is 16.3 Å². The molecule has 0 aromatic heterocycles. The van der Waals surface area contributed by atoms with Gasteiger partial charge in [0, 0.05) is 18.0 Å². The lowest BCUT2D eigenvalue weighted by Gasteiger charge is -2.36. The van der Waals surface area contributed by atoms with Crippen molar-refractivity contribution in [3.63, 3.8) is 0 Å². The molecule has 20 heavy (non-hydrogen) atoms. The topological polar surface area (TPSA) is 46.6 Å². The summed E-state index contributed by atoms with van der Waals surface area (Å²) < 4.78 is 4.73. The highest BCUT2D eigenvalue weighted by molar-refractivity contribution is 6.30. The van der Waals surface area contributed by atoms with E-state index < -0.39 is 5.54 Å². The molecule has 1 unspecified atom stereocenters. The first-order valence-electron chi connectivity index (χ1n) is 6.50. The minimum Gasteiger partial charge on any atom is -0.469 e. The van der Waals surface area contributed by atoms with E-state index in [0.717, 1.165) is 5.56 Å².